The molecule has 0 saturated carbocycles. The van der Waals surface area contributed by atoms with Crippen molar-refractivity contribution in [2.24, 2.45) is 0 Å². The van der Waals surface area contributed by atoms with Crippen LogP contribution in [0.1, 0.15) is 20.3 Å². The van der Waals surface area contributed by atoms with Gasteiger partial charge in [0.05, 0.1) is 7.11 Å². The van der Waals surface area contributed by atoms with Crippen LogP contribution in [-0.2, 0) is 19.1 Å². The molecule has 0 aromatic heterocycles. The number of hydrogen-bond donors (Lipinski definition) is 4. The fourth-order valence-electron chi connectivity index (χ4n) is 0.0645. The Morgan fingerprint density at radius 2 is 1.53 bits per heavy atom. The maximum atomic E-state index is 9.71. The maximum Gasteiger partial charge on any atom is 0.332 e. The molecule has 1 atom stereocenters. The molecule has 1 unspecified atom stereocenters. The summed E-state index contributed by atoms with van der Waals surface area (Å²) in [5.41, 5.74) is 0. The number of carboxylic acid groups (broad SMARTS) is 2. The molecule has 8 heteroatoms. The van der Waals surface area contributed by atoms with Crippen LogP contribution in [0.4, 0.5) is 0 Å². The van der Waals surface area contributed by atoms with Crippen molar-refractivity contribution in [3.8, 4) is 0 Å². The Kier molecular flexibility index (Phi) is 17.5. The zero-order chi connectivity index (χ0) is 14.4. The van der Waals surface area contributed by atoms with Gasteiger partial charge in [-0.25, -0.2) is 9.59 Å². The fourth-order valence-corrected chi connectivity index (χ4v) is 0.0645. The third-order valence-electron chi connectivity index (χ3n) is 1.02. The van der Waals surface area contributed by atoms with E-state index in [4.69, 9.17) is 20.4 Å². The number of carboxylic acids is 2. The number of aliphatic hydroxyl groups is 2. The Morgan fingerprint density at radius 1 is 1.24 bits per heavy atom. The fraction of sp³-hybridized carbons (Fsp3) is 0.667. The van der Waals surface area contributed by atoms with E-state index in [0.29, 0.717) is 0 Å². The molecule has 0 saturated heterocycles. The number of esters is 1. The third kappa shape index (κ3) is 31.4. The number of aliphatic carboxylic acids is 2. The van der Waals surface area contributed by atoms with Gasteiger partial charge in [0.25, 0.3) is 0 Å². The molecule has 0 rings (SSSR count). The number of carbonyl (C=O) groups excluding carboxylic acids is 1. The first-order chi connectivity index (χ1) is 7.72. The van der Waals surface area contributed by atoms with Crippen molar-refractivity contribution < 1.29 is 39.5 Å². The van der Waals surface area contributed by atoms with Gasteiger partial charge in [0, 0.05) is 6.42 Å². The van der Waals surface area contributed by atoms with Gasteiger partial charge in [-0.2, -0.15) is 0 Å². The predicted octanol–water partition coefficient (Wildman–Crippen LogP) is -0.915. The summed E-state index contributed by atoms with van der Waals surface area (Å²) in [6, 6.07) is 0. The maximum absolute atomic E-state index is 9.71. The van der Waals surface area contributed by atoms with Crippen LogP contribution in [0.25, 0.3) is 0 Å². The Balaban J connectivity index is -0.000000174. The van der Waals surface area contributed by atoms with Gasteiger partial charge in [0.2, 0.25) is 0 Å². The Morgan fingerprint density at radius 3 is 1.53 bits per heavy atom. The molecule has 0 spiro atoms. The monoisotopic (exact) mass is 254 g/mol. The van der Waals surface area contributed by atoms with E-state index < -0.39 is 30.6 Å². The highest BCUT2D eigenvalue weighted by atomic mass is 16.5. The van der Waals surface area contributed by atoms with Gasteiger partial charge in [0.1, 0.15) is 12.7 Å². The number of aliphatic hydroxyl groups excluding tert-OH is 2. The van der Waals surface area contributed by atoms with Gasteiger partial charge in [-0.3, -0.25) is 4.79 Å². The van der Waals surface area contributed by atoms with E-state index in [0.717, 1.165) is 0 Å². The van der Waals surface area contributed by atoms with Crippen LogP contribution in [-0.4, -0.2) is 58.2 Å². The molecule has 0 fully saturated rings. The van der Waals surface area contributed by atoms with E-state index in [1.807, 2.05) is 0 Å². The molecule has 0 radical (unpaired) electrons. The van der Waals surface area contributed by atoms with Crippen LogP contribution < -0.4 is 0 Å². The molecule has 0 aliphatic rings. The Labute approximate surface area is 98.4 Å². The van der Waals surface area contributed by atoms with Crippen molar-refractivity contribution in [2.45, 2.75) is 26.4 Å². The van der Waals surface area contributed by atoms with Crippen molar-refractivity contribution in [3.63, 3.8) is 0 Å². The second-order valence-electron chi connectivity index (χ2n) is 2.50. The molecule has 8 nitrogen and oxygen atoms in total. The van der Waals surface area contributed by atoms with Crippen molar-refractivity contribution >= 4 is 17.9 Å². The zero-order valence-corrected chi connectivity index (χ0v) is 9.91. The van der Waals surface area contributed by atoms with Crippen molar-refractivity contribution in [2.75, 3.05) is 13.7 Å². The summed E-state index contributed by atoms with van der Waals surface area (Å²) in [5, 5.41) is 31.4. The second-order valence-corrected chi connectivity index (χ2v) is 2.50. The number of hydrogen-bond acceptors (Lipinski definition) is 6. The molecule has 17 heavy (non-hydrogen) atoms. The summed E-state index contributed by atoms with van der Waals surface area (Å²) in [4.78, 5) is 28.5. The highest BCUT2D eigenvalue weighted by molar-refractivity contribution is 5.71. The third-order valence-corrected chi connectivity index (χ3v) is 1.02. The van der Waals surface area contributed by atoms with E-state index in [9.17, 15) is 14.4 Å². The Hall–Kier alpha value is -1.67. The van der Waals surface area contributed by atoms with E-state index in [-0.39, 0.29) is 6.42 Å². The second kappa shape index (κ2) is 14.3. The molecule has 4 N–H and O–H groups in total. The first-order valence-corrected chi connectivity index (χ1v) is 4.53. The molecule has 0 aliphatic heterocycles. The molecule has 102 valence electrons. The van der Waals surface area contributed by atoms with Crippen LogP contribution in [0, 0.1) is 0 Å². The van der Waals surface area contributed by atoms with Crippen LogP contribution in [0.3, 0.4) is 0 Å². The number of ether oxygens (including phenoxy) is 1. The van der Waals surface area contributed by atoms with E-state index in [2.05, 4.69) is 4.74 Å². The lowest BCUT2D eigenvalue weighted by Gasteiger charge is -1.89. The van der Waals surface area contributed by atoms with Gasteiger partial charge < -0.3 is 25.2 Å². The normalized spacial score (nSPS) is 9.71. The highest BCUT2D eigenvalue weighted by Gasteiger charge is 2.01. The van der Waals surface area contributed by atoms with Gasteiger partial charge >= 0.3 is 17.9 Å². The SMILES string of the molecule is CC(O)C(=O)O.CCC(=O)O.COC(=O)CO. The van der Waals surface area contributed by atoms with Crippen LogP contribution in [0.15, 0.2) is 0 Å². The lowest BCUT2D eigenvalue weighted by molar-refractivity contribution is -0.145. The summed E-state index contributed by atoms with van der Waals surface area (Å²) in [7, 11) is 1.22. The predicted molar refractivity (Wildman–Crippen MR) is 56.3 cm³/mol. The smallest absolute Gasteiger partial charge is 0.332 e. The van der Waals surface area contributed by atoms with Crippen molar-refractivity contribution in [1.82, 2.24) is 0 Å². The van der Waals surface area contributed by atoms with Crippen LogP contribution in [0.2, 0.25) is 0 Å². The highest BCUT2D eigenvalue weighted by Crippen LogP contribution is 1.73. The van der Waals surface area contributed by atoms with Crippen molar-refractivity contribution in [3.05, 3.63) is 0 Å². The van der Waals surface area contributed by atoms with Gasteiger partial charge in [-0.05, 0) is 6.92 Å². The summed E-state index contributed by atoms with van der Waals surface area (Å²) < 4.78 is 4.01. The topological polar surface area (TPSA) is 141 Å². The lowest BCUT2D eigenvalue weighted by Crippen LogP contribution is -2.13. The molecule has 0 aromatic rings. The van der Waals surface area contributed by atoms with Gasteiger partial charge in [-0.15, -0.1) is 0 Å². The molecule has 0 aliphatic carbocycles. The largest absolute Gasteiger partial charge is 0.481 e. The lowest BCUT2D eigenvalue weighted by atomic mass is 10.4. The summed E-state index contributed by atoms with van der Waals surface area (Å²) in [6.07, 6.45) is -1.01. The number of rotatable bonds is 3. The van der Waals surface area contributed by atoms with Gasteiger partial charge in [0.15, 0.2) is 0 Å². The minimum atomic E-state index is -1.23. The Bertz CT molecular complexity index is 215. The number of methoxy groups -OCH3 is 1. The molecule has 0 bridgehead atoms. The molecule has 0 aromatic carbocycles. The van der Waals surface area contributed by atoms with Crippen LogP contribution >= 0.6 is 0 Å². The van der Waals surface area contributed by atoms with E-state index in [1.54, 1.807) is 6.92 Å². The standard InChI is InChI=1S/2C3H6O3.C3H6O2/c1-6-3(5)2-4;1-2(4)3(5)6;1-2-3(4)5/h4H,2H2,1H3;2,4H,1H3,(H,5,6);2H2,1H3,(H,4,5). The summed E-state index contributed by atoms with van der Waals surface area (Å²) in [5.74, 6) is -2.53. The van der Waals surface area contributed by atoms with Gasteiger partial charge in [-0.1, -0.05) is 6.92 Å². The summed E-state index contributed by atoms with van der Waals surface area (Å²) >= 11 is 0. The average molecular weight is 254 g/mol. The molecular formula is C9H18O8. The summed E-state index contributed by atoms with van der Waals surface area (Å²) in [6.45, 7) is 2.27. The first-order valence-electron chi connectivity index (χ1n) is 4.53. The quantitative estimate of drug-likeness (QED) is 0.474. The zero-order valence-electron chi connectivity index (χ0n) is 9.91. The van der Waals surface area contributed by atoms with E-state index >= 15 is 0 Å². The number of carbonyl (C=O) groups is 3. The van der Waals surface area contributed by atoms with Crippen molar-refractivity contribution in [1.29, 1.82) is 0 Å². The minimum Gasteiger partial charge on any atom is -0.481 e. The van der Waals surface area contributed by atoms with E-state index in [1.165, 1.54) is 14.0 Å². The minimum absolute atomic E-state index is 0.222. The molecule has 0 amide bonds. The molecular weight excluding hydrogens is 236 g/mol. The molecule has 0 heterocycles. The first kappa shape index (κ1) is 20.7. The van der Waals surface area contributed by atoms with Crippen LogP contribution in [0.5, 0.6) is 0 Å². The average Bonchev–Trinajstić information content (AvgIpc) is 2.29.